The summed E-state index contributed by atoms with van der Waals surface area (Å²) in [5.41, 5.74) is 4.91. The number of halogens is 1. The number of nitrogens with zero attached hydrogens (tertiary/aromatic N) is 1. The number of nitrogens with one attached hydrogen (secondary N) is 1. The van der Waals surface area contributed by atoms with Crippen molar-refractivity contribution in [2.45, 2.75) is 18.9 Å². The molecule has 0 aliphatic rings. The Morgan fingerprint density at radius 1 is 1.10 bits per heavy atom. The van der Waals surface area contributed by atoms with Crippen LogP contribution in [0.5, 0.6) is 0 Å². The highest BCUT2D eigenvalue weighted by molar-refractivity contribution is 7.18. The summed E-state index contributed by atoms with van der Waals surface area (Å²) in [5, 5.41) is 1.06. The SMILES string of the molecule is NNC(Cc1ccc(F)cc1)Cc1nc2ccccc2s1. The van der Waals surface area contributed by atoms with Gasteiger partial charge in [0.05, 0.1) is 15.2 Å². The fourth-order valence-corrected chi connectivity index (χ4v) is 3.36. The van der Waals surface area contributed by atoms with E-state index < -0.39 is 0 Å². The van der Waals surface area contributed by atoms with E-state index in [4.69, 9.17) is 5.84 Å². The molecule has 0 aliphatic carbocycles. The van der Waals surface area contributed by atoms with Crippen LogP contribution in [0.1, 0.15) is 10.6 Å². The lowest BCUT2D eigenvalue weighted by atomic mass is 10.0. The number of hydrogen-bond donors (Lipinski definition) is 2. The molecule has 1 heterocycles. The third kappa shape index (κ3) is 3.44. The van der Waals surface area contributed by atoms with Gasteiger partial charge in [-0.1, -0.05) is 24.3 Å². The number of hydrogen-bond acceptors (Lipinski definition) is 4. The summed E-state index contributed by atoms with van der Waals surface area (Å²) in [5.74, 6) is 5.43. The molecule has 1 aromatic heterocycles. The average molecular weight is 301 g/mol. The van der Waals surface area contributed by atoms with Crippen molar-refractivity contribution in [1.82, 2.24) is 10.4 Å². The normalized spacial score (nSPS) is 12.7. The molecule has 0 radical (unpaired) electrons. The minimum Gasteiger partial charge on any atom is -0.271 e. The molecule has 0 fully saturated rings. The lowest BCUT2D eigenvalue weighted by Gasteiger charge is -2.14. The van der Waals surface area contributed by atoms with Crippen LogP contribution in [0.4, 0.5) is 4.39 Å². The van der Waals surface area contributed by atoms with Gasteiger partial charge in [0.2, 0.25) is 0 Å². The van der Waals surface area contributed by atoms with Crippen molar-refractivity contribution >= 4 is 21.6 Å². The molecule has 3 aromatic rings. The van der Waals surface area contributed by atoms with Crippen LogP contribution in [0.25, 0.3) is 10.2 Å². The highest BCUT2D eigenvalue weighted by Crippen LogP contribution is 2.23. The van der Waals surface area contributed by atoms with Gasteiger partial charge in [-0.2, -0.15) is 0 Å². The molecule has 3 rings (SSSR count). The zero-order valence-electron chi connectivity index (χ0n) is 11.4. The van der Waals surface area contributed by atoms with Crippen molar-refractivity contribution in [3.63, 3.8) is 0 Å². The summed E-state index contributed by atoms with van der Waals surface area (Å²) in [4.78, 5) is 4.62. The molecule has 0 amide bonds. The Kier molecular flexibility index (Phi) is 4.24. The van der Waals surface area contributed by atoms with Crippen molar-refractivity contribution in [2.24, 2.45) is 5.84 Å². The number of thiazole rings is 1. The first kappa shape index (κ1) is 14.1. The second-order valence-corrected chi connectivity index (χ2v) is 6.09. The first-order valence-corrected chi connectivity index (χ1v) is 7.61. The van der Waals surface area contributed by atoms with Gasteiger partial charge in [-0.05, 0) is 36.2 Å². The Morgan fingerprint density at radius 3 is 2.57 bits per heavy atom. The molecular weight excluding hydrogens is 285 g/mol. The zero-order valence-corrected chi connectivity index (χ0v) is 12.2. The Balaban J connectivity index is 1.73. The quantitative estimate of drug-likeness (QED) is 0.562. The number of fused-ring (bicyclic) bond motifs is 1. The van der Waals surface area contributed by atoms with Crippen molar-refractivity contribution in [3.05, 3.63) is 64.9 Å². The van der Waals surface area contributed by atoms with Gasteiger partial charge >= 0.3 is 0 Å². The van der Waals surface area contributed by atoms with Gasteiger partial charge in [0.15, 0.2) is 0 Å². The third-order valence-electron chi connectivity index (χ3n) is 3.39. The Morgan fingerprint density at radius 2 is 1.86 bits per heavy atom. The number of rotatable bonds is 5. The van der Waals surface area contributed by atoms with Crippen LogP contribution in [0.3, 0.4) is 0 Å². The number of nitrogens with two attached hydrogens (primary N) is 1. The molecule has 0 spiro atoms. The molecular formula is C16H16FN3S. The van der Waals surface area contributed by atoms with Crippen LogP contribution in [-0.2, 0) is 12.8 Å². The van der Waals surface area contributed by atoms with E-state index in [9.17, 15) is 4.39 Å². The number of aromatic nitrogens is 1. The molecule has 3 nitrogen and oxygen atoms in total. The predicted molar refractivity (Wildman–Crippen MR) is 84.5 cm³/mol. The Bertz CT molecular complexity index is 691. The molecule has 0 aliphatic heterocycles. The highest BCUT2D eigenvalue weighted by atomic mass is 32.1. The first-order valence-electron chi connectivity index (χ1n) is 6.79. The first-order chi connectivity index (χ1) is 10.2. The molecule has 3 N–H and O–H groups in total. The second kappa shape index (κ2) is 6.30. The van der Waals surface area contributed by atoms with Gasteiger partial charge in [0.1, 0.15) is 5.82 Å². The monoisotopic (exact) mass is 301 g/mol. The van der Waals surface area contributed by atoms with Crippen LogP contribution in [-0.4, -0.2) is 11.0 Å². The van der Waals surface area contributed by atoms with Gasteiger partial charge in [0, 0.05) is 12.5 Å². The third-order valence-corrected chi connectivity index (χ3v) is 4.45. The summed E-state index contributed by atoms with van der Waals surface area (Å²) in [6.07, 6.45) is 1.50. The fraction of sp³-hybridized carbons (Fsp3) is 0.188. The van der Waals surface area contributed by atoms with Crippen molar-refractivity contribution in [3.8, 4) is 0 Å². The maximum Gasteiger partial charge on any atom is 0.123 e. The molecule has 1 atom stereocenters. The molecule has 0 saturated carbocycles. The van der Waals surface area contributed by atoms with E-state index in [1.54, 1.807) is 23.5 Å². The average Bonchev–Trinajstić information content (AvgIpc) is 2.91. The van der Waals surface area contributed by atoms with Crippen molar-refractivity contribution in [2.75, 3.05) is 0 Å². The van der Waals surface area contributed by atoms with E-state index >= 15 is 0 Å². The summed E-state index contributed by atoms with van der Waals surface area (Å²) < 4.78 is 14.1. The van der Waals surface area contributed by atoms with E-state index in [-0.39, 0.29) is 11.9 Å². The maximum absolute atomic E-state index is 12.9. The summed E-state index contributed by atoms with van der Waals surface area (Å²) in [6.45, 7) is 0. The second-order valence-electron chi connectivity index (χ2n) is 4.97. The predicted octanol–water partition coefficient (Wildman–Crippen LogP) is 3.05. The van der Waals surface area contributed by atoms with Crippen molar-refractivity contribution < 1.29 is 4.39 Å². The van der Waals surface area contributed by atoms with E-state index in [0.29, 0.717) is 0 Å². The fourth-order valence-electron chi connectivity index (χ4n) is 2.31. The summed E-state index contributed by atoms with van der Waals surface area (Å²) in [6, 6.07) is 14.7. The van der Waals surface area contributed by atoms with Crippen LogP contribution in [0.2, 0.25) is 0 Å². The molecule has 0 saturated heterocycles. The van der Waals surface area contributed by atoms with Gasteiger partial charge < -0.3 is 0 Å². The smallest absolute Gasteiger partial charge is 0.123 e. The van der Waals surface area contributed by atoms with E-state index in [2.05, 4.69) is 16.5 Å². The van der Waals surface area contributed by atoms with Crippen LogP contribution < -0.4 is 11.3 Å². The van der Waals surface area contributed by atoms with E-state index in [0.717, 1.165) is 28.9 Å². The maximum atomic E-state index is 12.9. The lowest BCUT2D eigenvalue weighted by Crippen LogP contribution is -2.38. The molecule has 0 bridgehead atoms. The molecule has 1 unspecified atom stereocenters. The minimum absolute atomic E-state index is 0.0797. The minimum atomic E-state index is -0.220. The summed E-state index contributed by atoms with van der Waals surface area (Å²) in [7, 11) is 0. The van der Waals surface area contributed by atoms with Gasteiger partial charge in [-0.15, -0.1) is 11.3 Å². The van der Waals surface area contributed by atoms with Crippen LogP contribution in [0.15, 0.2) is 48.5 Å². The number of benzene rings is 2. The zero-order chi connectivity index (χ0) is 14.7. The Hall–Kier alpha value is -1.82. The molecule has 108 valence electrons. The van der Waals surface area contributed by atoms with Gasteiger partial charge in [-0.3, -0.25) is 11.3 Å². The van der Waals surface area contributed by atoms with E-state index in [1.165, 1.54) is 16.8 Å². The van der Waals surface area contributed by atoms with Gasteiger partial charge in [-0.25, -0.2) is 9.37 Å². The topological polar surface area (TPSA) is 50.9 Å². The number of hydrazine groups is 1. The molecule has 21 heavy (non-hydrogen) atoms. The van der Waals surface area contributed by atoms with E-state index in [1.807, 2.05) is 18.2 Å². The Labute approximate surface area is 126 Å². The number of para-hydroxylation sites is 1. The summed E-state index contributed by atoms with van der Waals surface area (Å²) >= 11 is 1.69. The van der Waals surface area contributed by atoms with Gasteiger partial charge in [0.25, 0.3) is 0 Å². The molecule has 5 heteroatoms. The highest BCUT2D eigenvalue weighted by Gasteiger charge is 2.12. The van der Waals surface area contributed by atoms with Crippen LogP contribution in [0, 0.1) is 5.82 Å². The lowest BCUT2D eigenvalue weighted by molar-refractivity contribution is 0.521. The van der Waals surface area contributed by atoms with Crippen LogP contribution >= 0.6 is 11.3 Å². The van der Waals surface area contributed by atoms with Crippen molar-refractivity contribution in [1.29, 1.82) is 0 Å². The largest absolute Gasteiger partial charge is 0.271 e. The molecule has 2 aromatic carbocycles. The standard InChI is InChI=1S/C16H16FN3S/c17-12-7-5-11(6-8-12)9-13(20-18)10-16-19-14-3-1-2-4-15(14)21-16/h1-8,13,20H,9-10,18H2.